The minimum atomic E-state index is -3.88. The van der Waals surface area contributed by atoms with E-state index in [4.69, 9.17) is 0 Å². The fraction of sp³-hybridized carbons (Fsp3) is 0.167. The number of rotatable bonds is 6. The lowest BCUT2D eigenvalue weighted by molar-refractivity contribution is 0.102. The summed E-state index contributed by atoms with van der Waals surface area (Å²) < 4.78 is 30.9. The molecule has 9 heteroatoms. The number of para-hydroxylation sites is 1. The van der Waals surface area contributed by atoms with Crippen molar-refractivity contribution in [3.63, 3.8) is 0 Å². The van der Waals surface area contributed by atoms with Crippen molar-refractivity contribution >= 4 is 48.9 Å². The number of hydrogen-bond acceptors (Lipinski definition) is 5. The first-order valence-electron chi connectivity index (χ1n) is 10.3. The van der Waals surface area contributed by atoms with Gasteiger partial charge in [-0.15, -0.1) is 0 Å². The fourth-order valence-corrected chi connectivity index (χ4v) is 5.94. The molecule has 1 heterocycles. The Morgan fingerprint density at radius 2 is 1.70 bits per heavy atom. The van der Waals surface area contributed by atoms with Crippen LogP contribution >= 0.6 is 11.3 Å². The number of aromatic nitrogens is 1. The predicted molar refractivity (Wildman–Crippen MR) is 133 cm³/mol. The average Bonchev–Trinajstić information content (AvgIpc) is 3.09. The van der Waals surface area contributed by atoms with Gasteiger partial charge in [0.2, 0.25) is 0 Å². The van der Waals surface area contributed by atoms with Crippen molar-refractivity contribution in [1.82, 2.24) is 4.57 Å². The second kappa shape index (κ2) is 8.84. The molecule has 0 aliphatic rings. The van der Waals surface area contributed by atoms with Gasteiger partial charge in [-0.2, -0.15) is 0 Å². The first-order valence-corrected chi connectivity index (χ1v) is 12.6. The number of nitrogens with zero attached hydrogens (tertiary/aromatic N) is 1. The predicted octanol–water partition coefficient (Wildman–Crippen LogP) is 5.01. The Kier molecular flexibility index (Phi) is 6.09. The maximum Gasteiger partial charge on any atom is 0.308 e. The summed E-state index contributed by atoms with van der Waals surface area (Å²) in [6.45, 7) is 5.56. The third kappa shape index (κ3) is 4.69. The first-order chi connectivity index (χ1) is 15.7. The van der Waals surface area contributed by atoms with Gasteiger partial charge in [0.05, 0.1) is 15.1 Å². The van der Waals surface area contributed by atoms with Crippen LogP contribution in [0, 0.1) is 6.92 Å². The lowest BCUT2D eigenvalue weighted by Gasteiger charge is -2.12. The third-order valence-electron chi connectivity index (χ3n) is 5.15. The zero-order valence-corrected chi connectivity index (χ0v) is 20.0. The summed E-state index contributed by atoms with van der Waals surface area (Å²) in [5.74, 6) is -0.443. The number of benzene rings is 3. The lowest BCUT2D eigenvalue weighted by Crippen LogP contribution is -2.17. The van der Waals surface area contributed by atoms with Crippen LogP contribution in [0.4, 0.5) is 11.4 Å². The minimum absolute atomic E-state index is 0.0293. The third-order valence-corrected chi connectivity index (χ3v) is 7.59. The second-order valence-corrected chi connectivity index (χ2v) is 10.6. The maximum absolute atomic E-state index is 12.9. The molecule has 2 N–H and O–H groups in total. The van der Waals surface area contributed by atoms with E-state index in [-0.39, 0.29) is 21.4 Å². The van der Waals surface area contributed by atoms with Crippen LogP contribution in [0.1, 0.15) is 35.8 Å². The van der Waals surface area contributed by atoms with E-state index >= 15 is 0 Å². The number of amides is 1. The van der Waals surface area contributed by atoms with Crippen molar-refractivity contribution in [3.05, 3.63) is 87.5 Å². The summed E-state index contributed by atoms with van der Waals surface area (Å²) in [5, 5.41) is 2.80. The molecule has 1 amide bonds. The highest BCUT2D eigenvalue weighted by atomic mass is 32.2. The number of thiazole rings is 1. The molecule has 0 saturated heterocycles. The molecule has 0 atom stereocenters. The van der Waals surface area contributed by atoms with Crippen molar-refractivity contribution in [2.24, 2.45) is 0 Å². The van der Waals surface area contributed by atoms with Crippen LogP contribution in [0.3, 0.4) is 0 Å². The zero-order valence-electron chi connectivity index (χ0n) is 18.3. The van der Waals surface area contributed by atoms with E-state index in [1.807, 2.05) is 13.8 Å². The number of aryl methyl sites for hydroxylation is 1. The summed E-state index contributed by atoms with van der Waals surface area (Å²) in [5.41, 5.74) is 2.51. The van der Waals surface area contributed by atoms with Crippen molar-refractivity contribution in [2.45, 2.75) is 31.7 Å². The van der Waals surface area contributed by atoms with Gasteiger partial charge in [0.25, 0.3) is 15.9 Å². The summed E-state index contributed by atoms with van der Waals surface area (Å²) in [7, 11) is -3.88. The van der Waals surface area contributed by atoms with Crippen LogP contribution in [0.5, 0.6) is 0 Å². The Balaban J connectivity index is 1.61. The molecule has 0 spiro atoms. The Hall–Kier alpha value is -3.43. The van der Waals surface area contributed by atoms with Crippen LogP contribution in [0.2, 0.25) is 0 Å². The molecule has 4 rings (SSSR count). The number of anilines is 2. The number of hydrogen-bond donors (Lipinski definition) is 2. The molecule has 0 aliphatic carbocycles. The van der Waals surface area contributed by atoms with E-state index in [0.29, 0.717) is 16.9 Å². The molecule has 33 heavy (non-hydrogen) atoms. The highest BCUT2D eigenvalue weighted by molar-refractivity contribution is 7.92. The topological polar surface area (TPSA) is 97.3 Å². The van der Waals surface area contributed by atoms with Gasteiger partial charge in [-0.3, -0.25) is 18.9 Å². The number of sulfonamides is 1. The molecular weight excluding hydrogens is 458 g/mol. The average molecular weight is 482 g/mol. The minimum Gasteiger partial charge on any atom is -0.322 e. The smallest absolute Gasteiger partial charge is 0.308 e. The van der Waals surface area contributed by atoms with Crippen LogP contribution in [0.15, 0.2) is 76.4 Å². The van der Waals surface area contributed by atoms with Gasteiger partial charge in [-0.05, 0) is 68.8 Å². The standard InChI is InChI=1S/C24H23N3O4S2/c1-15(2)27-20-12-11-19(14-21(20)32-24(27)29)25-23(28)17-10-9-16(3)22(13-17)33(30,31)26-18-7-5-4-6-8-18/h4-15,26H,1-3H3,(H,25,28). The highest BCUT2D eigenvalue weighted by Crippen LogP contribution is 2.25. The SMILES string of the molecule is Cc1ccc(C(=O)Nc2ccc3c(c2)sc(=O)n3C(C)C)cc1S(=O)(=O)Nc1ccccc1. The number of carbonyl (C=O) groups is 1. The second-order valence-electron chi connectivity index (χ2n) is 7.92. The maximum atomic E-state index is 12.9. The summed E-state index contributed by atoms with van der Waals surface area (Å²) in [6.07, 6.45) is 0. The molecule has 1 aromatic heterocycles. The van der Waals surface area contributed by atoms with Crippen molar-refractivity contribution in [3.8, 4) is 0 Å². The monoisotopic (exact) mass is 481 g/mol. The van der Waals surface area contributed by atoms with Crippen LogP contribution in [0.25, 0.3) is 10.2 Å². The van der Waals surface area contributed by atoms with Gasteiger partial charge in [0.1, 0.15) is 0 Å². The Morgan fingerprint density at radius 1 is 0.970 bits per heavy atom. The quantitative estimate of drug-likeness (QED) is 0.405. The van der Waals surface area contributed by atoms with Crippen LogP contribution in [-0.4, -0.2) is 18.9 Å². The van der Waals surface area contributed by atoms with E-state index in [2.05, 4.69) is 10.0 Å². The molecule has 0 aliphatic heterocycles. The van der Waals surface area contributed by atoms with Gasteiger partial charge in [-0.25, -0.2) is 8.42 Å². The van der Waals surface area contributed by atoms with E-state index in [9.17, 15) is 18.0 Å². The van der Waals surface area contributed by atoms with Crippen molar-refractivity contribution in [2.75, 3.05) is 10.0 Å². The molecule has 0 fully saturated rings. The fourth-order valence-electron chi connectivity index (χ4n) is 3.55. The molecule has 0 unspecified atom stereocenters. The largest absolute Gasteiger partial charge is 0.322 e. The molecular formula is C24H23N3O4S2. The number of nitrogens with one attached hydrogen (secondary N) is 2. The number of carbonyl (C=O) groups excluding carboxylic acids is 1. The highest BCUT2D eigenvalue weighted by Gasteiger charge is 2.20. The van der Waals surface area contributed by atoms with Crippen molar-refractivity contribution < 1.29 is 13.2 Å². The van der Waals surface area contributed by atoms with Gasteiger partial charge < -0.3 is 5.32 Å². The molecule has 4 aromatic rings. The zero-order chi connectivity index (χ0) is 23.8. The summed E-state index contributed by atoms with van der Waals surface area (Å²) in [6, 6.07) is 18.4. The molecule has 0 radical (unpaired) electrons. The normalized spacial score (nSPS) is 11.6. The van der Waals surface area contributed by atoms with Crippen LogP contribution < -0.4 is 14.9 Å². The number of fused-ring (bicyclic) bond motifs is 1. The van der Waals surface area contributed by atoms with E-state index in [1.54, 1.807) is 72.2 Å². The lowest BCUT2D eigenvalue weighted by atomic mass is 10.1. The summed E-state index contributed by atoms with van der Waals surface area (Å²) >= 11 is 1.12. The Bertz CT molecular complexity index is 1500. The van der Waals surface area contributed by atoms with Crippen LogP contribution in [-0.2, 0) is 10.0 Å². The Morgan fingerprint density at radius 3 is 2.39 bits per heavy atom. The Labute approximate surface area is 195 Å². The molecule has 0 bridgehead atoms. The molecule has 3 aromatic carbocycles. The van der Waals surface area contributed by atoms with Crippen molar-refractivity contribution in [1.29, 1.82) is 0 Å². The first kappa shape index (κ1) is 22.8. The van der Waals surface area contributed by atoms with E-state index < -0.39 is 15.9 Å². The van der Waals surface area contributed by atoms with Gasteiger partial charge in [0, 0.05) is 23.0 Å². The van der Waals surface area contributed by atoms with E-state index in [0.717, 1.165) is 21.6 Å². The van der Waals surface area contributed by atoms with Gasteiger partial charge >= 0.3 is 4.87 Å². The molecule has 170 valence electrons. The molecule has 7 nitrogen and oxygen atoms in total. The molecule has 0 saturated carbocycles. The van der Waals surface area contributed by atoms with Gasteiger partial charge in [-0.1, -0.05) is 35.6 Å². The van der Waals surface area contributed by atoms with Gasteiger partial charge in [0.15, 0.2) is 0 Å². The van der Waals surface area contributed by atoms with E-state index in [1.165, 1.54) is 6.07 Å². The summed E-state index contributed by atoms with van der Waals surface area (Å²) in [4.78, 5) is 25.1.